The van der Waals surface area contributed by atoms with Crippen LogP contribution in [0.2, 0.25) is 10.0 Å². The third kappa shape index (κ3) is 5.81. The van der Waals surface area contributed by atoms with Crippen LogP contribution in [0, 0.1) is 0 Å². The second-order valence-electron chi connectivity index (χ2n) is 4.76. The molecule has 0 saturated carbocycles. The van der Waals surface area contributed by atoms with Gasteiger partial charge in [0, 0.05) is 5.38 Å². The molecule has 1 heterocycles. The first-order chi connectivity index (χ1) is 12.6. The van der Waals surface area contributed by atoms with Crippen LogP contribution in [-0.4, -0.2) is 33.9 Å². The number of hydrogen-bond donors (Lipinski definition) is 2. The number of halogens is 5. The van der Waals surface area contributed by atoms with Crippen LogP contribution in [0.3, 0.4) is 0 Å². The lowest BCUT2D eigenvalue weighted by Gasteiger charge is -2.04. The lowest BCUT2D eigenvalue weighted by Crippen LogP contribution is -2.29. The third-order valence-electron chi connectivity index (χ3n) is 2.80. The van der Waals surface area contributed by atoms with Crippen LogP contribution >= 0.6 is 34.5 Å². The van der Waals surface area contributed by atoms with Crippen molar-refractivity contribution in [3.8, 4) is 0 Å². The smallest absolute Gasteiger partial charge is 0.471 e. The molecule has 2 N–H and O–H groups in total. The van der Waals surface area contributed by atoms with Gasteiger partial charge in [-0.05, 0) is 17.7 Å². The highest BCUT2D eigenvalue weighted by Crippen LogP contribution is 2.23. The number of hydrogen-bond acceptors (Lipinski definition) is 6. The number of amides is 1. The number of thiazole rings is 1. The van der Waals surface area contributed by atoms with Gasteiger partial charge < -0.3 is 9.94 Å². The Bertz CT molecular complexity index is 902. The minimum absolute atomic E-state index is 0.143. The Hall–Kier alpha value is -2.37. The summed E-state index contributed by atoms with van der Waals surface area (Å²) in [5, 5.41) is 15.4. The van der Waals surface area contributed by atoms with Gasteiger partial charge in [0.05, 0.1) is 10.0 Å². The first-order valence-electron chi connectivity index (χ1n) is 6.79. The molecule has 0 unspecified atom stereocenters. The first kappa shape index (κ1) is 20.9. The molecule has 1 aromatic heterocycles. The fraction of sp³-hybridized carbons (Fsp3) is 0.143. The van der Waals surface area contributed by atoms with E-state index in [2.05, 4.69) is 10.1 Å². The number of oxime groups is 1. The fourth-order valence-corrected chi connectivity index (χ4v) is 2.62. The molecule has 2 rings (SSSR count). The fourth-order valence-electron chi connectivity index (χ4n) is 1.60. The highest BCUT2D eigenvalue weighted by Gasteiger charge is 2.39. The zero-order valence-corrected chi connectivity index (χ0v) is 15.2. The maximum atomic E-state index is 12.2. The van der Waals surface area contributed by atoms with Crippen molar-refractivity contribution in [1.82, 2.24) is 4.98 Å². The van der Waals surface area contributed by atoms with Gasteiger partial charge in [-0.15, -0.1) is 11.3 Å². The SMILES string of the molecule is O=C(O)/C(=N/OCc1ccc(Cl)c(Cl)c1)c1csc(NC(=O)C(F)(F)F)n1. The molecule has 27 heavy (non-hydrogen) atoms. The molecule has 0 aliphatic rings. The van der Waals surface area contributed by atoms with Crippen molar-refractivity contribution in [1.29, 1.82) is 0 Å². The Labute approximate surface area is 163 Å². The van der Waals surface area contributed by atoms with Crippen LogP contribution in [0.25, 0.3) is 0 Å². The molecule has 1 amide bonds. The number of anilines is 1. The van der Waals surface area contributed by atoms with E-state index in [9.17, 15) is 27.9 Å². The molecule has 1 aromatic carbocycles. The van der Waals surface area contributed by atoms with Crippen LogP contribution in [0.15, 0.2) is 28.7 Å². The zero-order chi connectivity index (χ0) is 20.2. The summed E-state index contributed by atoms with van der Waals surface area (Å²) in [4.78, 5) is 30.7. The van der Waals surface area contributed by atoms with E-state index in [0.717, 1.165) is 5.38 Å². The Kier molecular flexibility index (Phi) is 6.63. The third-order valence-corrected chi connectivity index (χ3v) is 4.30. The number of alkyl halides is 3. The maximum absolute atomic E-state index is 12.2. The van der Waals surface area contributed by atoms with Crippen LogP contribution < -0.4 is 5.32 Å². The van der Waals surface area contributed by atoms with Gasteiger partial charge in [-0.25, -0.2) is 9.78 Å². The number of nitrogens with one attached hydrogen (secondary N) is 1. The van der Waals surface area contributed by atoms with E-state index in [4.69, 9.17) is 28.0 Å². The number of aliphatic carboxylic acids is 1. The summed E-state index contributed by atoms with van der Waals surface area (Å²) < 4.78 is 36.7. The van der Waals surface area contributed by atoms with Crippen LogP contribution in [0.1, 0.15) is 11.3 Å². The molecule has 0 fully saturated rings. The average Bonchev–Trinajstić information content (AvgIpc) is 3.01. The van der Waals surface area contributed by atoms with Crippen molar-refractivity contribution >= 4 is 57.3 Å². The number of carboxylic acids is 1. The van der Waals surface area contributed by atoms with Gasteiger partial charge in [0.25, 0.3) is 0 Å². The molecular formula is C14H8Cl2F3N3O4S. The first-order valence-corrected chi connectivity index (χ1v) is 8.42. The topological polar surface area (TPSA) is 101 Å². The molecule has 0 spiro atoms. The Balaban J connectivity index is 2.10. The summed E-state index contributed by atoms with van der Waals surface area (Å²) in [7, 11) is 0. The van der Waals surface area contributed by atoms with E-state index in [1.165, 1.54) is 17.4 Å². The molecular weight excluding hydrogens is 434 g/mol. The molecule has 0 radical (unpaired) electrons. The standard InChI is InChI=1S/C14H8Cl2F3N3O4S/c15-7-2-1-6(3-8(7)16)4-26-22-10(11(23)24)9-5-27-13(20-9)21-12(25)14(17,18)19/h1-3,5H,4H2,(H,23,24)(H,20,21,25)/b22-10+. The van der Waals surface area contributed by atoms with Crippen molar-refractivity contribution in [3.63, 3.8) is 0 Å². The van der Waals surface area contributed by atoms with Gasteiger partial charge >= 0.3 is 18.1 Å². The summed E-state index contributed by atoms with van der Waals surface area (Å²) in [6.07, 6.45) is -5.10. The quantitative estimate of drug-likeness (QED) is 0.521. The largest absolute Gasteiger partial charge is 0.476 e. The van der Waals surface area contributed by atoms with E-state index < -0.39 is 28.9 Å². The van der Waals surface area contributed by atoms with Crippen molar-refractivity contribution in [2.75, 3.05) is 5.32 Å². The summed E-state index contributed by atoms with van der Waals surface area (Å²) in [6.45, 7) is -0.143. The van der Waals surface area contributed by atoms with E-state index in [-0.39, 0.29) is 17.3 Å². The number of carbonyl (C=O) groups is 2. The lowest BCUT2D eigenvalue weighted by molar-refractivity contribution is -0.167. The van der Waals surface area contributed by atoms with Gasteiger partial charge in [-0.1, -0.05) is 34.4 Å². The van der Waals surface area contributed by atoms with Crippen molar-refractivity contribution < 1.29 is 32.7 Å². The molecule has 0 bridgehead atoms. The molecule has 7 nitrogen and oxygen atoms in total. The van der Waals surface area contributed by atoms with Gasteiger partial charge in [0.15, 0.2) is 5.13 Å². The number of benzene rings is 1. The average molecular weight is 442 g/mol. The summed E-state index contributed by atoms with van der Waals surface area (Å²) in [5.41, 5.74) is -0.382. The van der Waals surface area contributed by atoms with Gasteiger partial charge in [0.2, 0.25) is 5.71 Å². The van der Waals surface area contributed by atoms with E-state index in [0.29, 0.717) is 21.9 Å². The van der Waals surface area contributed by atoms with Gasteiger partial charge in [0.1, 0.15) is 12.3 Å². The zero-order valence-electron chi connectivity index (χ0n) is 12.9. The predicted octanol–water partition coefficient (Wildman–Crippen LogP) is 3.96. The van der Waals surface area contributed by atoms with Crippen molar-refractivity contribution in [3.05, 3.63) is 44.9 Å². The van der Waals surface area contributed by atoms with E-state index >= 15 is 0 Å². The number of carboxylic acid groups (broad SMARTS) is 1. The molecule has 13 heteroatoms. The molecule has 0 aliphatic heterocycles. The number of aromatic nitrogens is 1. The van der Waals surface area contributed by atoms with Gasteiger partial charge in [-0.3, -0.25) is 10.1 Å². The van der Waals surface area contributed by atoms with Gasteiger partial charge in [-0.2, -0.15) is 13.2 Å². The summed E-state index contributed by atoms with van der Waals surface area (Å²) >= 11 is 12.2. The number of carbonyl (C=O) groups excluding carboxylic acids is 1. The monoisotopic (exact) mass is 441 g/mol. The Morgan fingerprint density at radius 1 is 1.30 bits per heavy atom. The van der Waals surface area contributed by atoms with Crippen LogP contribution in [-0.2, 0) is 21.0 Å². The van der Waals surface area contributed by atoms with Crippen molar-refractivity contribution in [2.45, 2.75) is 12.8 Å². The number of rotatable bonds is 6. The normalized spacial score (nSPS) is 12.0. The van der Waals surface area contributed by atoms with Crippen LogP contribution in [0.5, 0.6) is 0 Å². The van der Waals surface area contributed by atoms with Crippen LogP contribution in [0.4, 0.5) is 18.3 Å². The molecule has 0 saturated heterocycles. The molecule has 0 atom stereocenters. The molecule has 0 aliphatic carbocycles. The van der Waals surface area contributed by atoms with E-state index in [1.54, 1.807) is 6.07 Å². The second-order valence-corrected chi connectivity index (χ2v) is 6.43. The second kappa shape index (κ2) is 8.55. The number of nitrogens with zero attached hydrogens (tertiary/aromatic N) is 2. The minimum Gasteiger partial charge on any atom is -0.476 e. The highest BCUT2D eigenvalue weighted by molar-refractivity contribution is 7.14. The maximum Gasteiger partial charge on any atom is 0.471 e. The lowest BCUT2D eigenvalue weighted by atomic mass is 10.2. The highest BCUT2D eigenvalue weighted by atomic mass is 35.5. The summed E-state index contributed by atoms with van der Waals surface area (Å²) in [5.74, 6) is -3.75. The molecule has 2 aromatic rings. The molecule has 144 valence electrons. The minimum atomic E-state index is -5.10. The van der Waals surface area contributed by atoms with E-state index in [1.807, 2.05) is 0 Å². The Morgan fingerprint density at radius 3 is 2.59 bits per heavy atom. The Morgan fingerprint density at radius 2 is 2.00 bits per heavy atom. The summed E-state index contributed by atoms with van der Waals surface area (Å²) in [6, 6.07) is 4.59. The van der Waals surface area contributed by atoms with Crippen molar-refractivity contribution in [2.24, 2.45) is 5.16 Å². The predicted molar refractivity (Wildman–Crippen MR) is 92.2 cm³/mol.